The van der Waals surface area contributed by atoms with E-state index in [2.05, 4.69) is 9.82 Å². The van der Waals surface area contributed by atoms with E-state index in [4.69, 9.17) is 5.90 Å². The Morgan fingerprint density at radius 3 is 2.60 bits per heavy atom. The molecule has 0 bridgehead atoms. The van der Waals surface area contributed by atoms with Crippen molar-refractivity contribution in [1.29, 1.82) is 0 Å². The monoisotopic (exact) mass is 200 g/mol. The Morgan fingerprint density at radius 2 is 1.87 bits per heavy atom. The van der Waals surface area contributed by atoms with Crippen LogP contribution in [0.4, 0.5) is 0 Å². The second-order valence-electron chi connectivity index (χ2n) is 3.26. The number of aromatic nitrogens is 1. The highest BCUT2D eigenvalue weighted by molar-refractivity contribution is 5.62. The fourth-order valence-electron chi connectivity index (χ4n) is 1.45. The van der Waals surface area contributed by atoms with Gasteiger partial charge >= 0.3 is 0 Å². The molecule has 0 aliphatic heterocycles. The summed E-state index contributed by atoms with van der Waals surface area (Å²) in [4.78, 5) is 8.72. The van der Waals surface area contributed by atoms with E-state index in [1.54, 1.807) is 6.20 Å². The zero-order valence-electron chi connectivity index (χ0n) is 8.26. The lowest BCUT2D eigenvalue weighted by Crippen LogP contribution is -1.99. The standard InChI is InChI=1S/C12H12N2O/c13-15-9-10-6-12(8-14-7-10)11-4-2-1-3-5-11/h1-8H,9,13H2. The molecule has 76 valence electrons. The van der Waals surface area contributed by atoms with Crippen LogP contribution in [0.15, 0.2) is 48.8 Å². The summed E-state index contributed by atoms with van der Waals surface area (Å²) in [5, 5.41) is 0. The van der Waals surface area contributed by atoms with Gasteiger partial charge in [-0.15, -0.1) is 0 Å². The van der Waals surface area contributed by atoms with E-state index in [0.29, 0.717) is 6.61 Å². The number of hydrogen-bond acceptors (Lipinski definition) is 3. The Hall–Kier alpha value is -1.71. The maximum Gasteiger partial charge on any atom is 0.0945 e. The van der Waals surface area contributed by atoms with Crippen LogP contribution in [0, 0.1) is 0 Å². The van der Waals surface area contributed by atoms with Gasteiger partial charge in [-0.3, -0.25) is 9.82 Å². The maximum absolute atomic E-state index is 5.02. The molecule has 0 aliphatic rings. The molecule has 2 rings (SSSR count). The van der Waals surface area contributed by atoms with Gasteiger partial charge in [0, 0.05) is 18.0 Å². The smallest absolute Gasteiger partial charge is 0.0945 e. The quantitative estimate of drug-likeness (QED) is 0.772. The predicted octanol–water partition coefficient (Wildman–Crippen LogP) is 2.14. The number of benzene rings is 1. The van der Waals surface area contributed by atoms with E-state index in [1.807, 2.05) is 42.6 Å². The van der Waals surface area contributed by atoms with Crippen molar-refractivity contribution in [3.63, 3.8) is 0 Å². The van der Waals surface area contributed by atoms with Crippen LogP contribution in [0.5, 0.6) is 0 Å². The number of rotatable bonds is 3. The van der Waals surface area contributed by atoms with Crippen LogP contribution in [0.3, 0.4) is 0 Å². The largest absolute Gasteiger partial charge is 0.300 e. The summed E-state index contributed by atoms with van der Waals surface area (Å²) in [5.41, 5.74) is 3.19. The molecule has 0 saturated heterocycles. The molecule has 2 aromatic rings. The third kappa shape index (κ3) is 2.40. The van der Waals surface area contributed by atoms with Crippen LogP contribution < -0.4 is 5.90 Å². The van der Waals surface area contributed by atoms with Gasteiger partial charge < -0.3 is 0 Å². The molecule has 0 fully saturated rings. The van der Waals surface area contributed by atoms with Gasteiger partial charge in [0.05, 0.1) is 6.61 Å². The lowest BCUT2D eigenvalue weighted by molar-refractivity contribution is 0.124. The van der Waals surface area contributed by atoms with E-state index < -0.39 is 0 Å². The molecular weight excluding hydrogens is 188 g/mol. The average molecular weight is 200 g/mol. The van der Waals surface area contributed by atoms with Crippen molar-refractivity contribution in [3.8, 4) is 11.1 Å². The van der Waals surface area contributed by atoms with Crippen molar-refractivity contribution >= 4 is 0 Å². The van der Waals surface area contributed by atoms with Gasteiger partial charge in [0.25, 0.3) is 0 Å². The minimum Gasteiger partial charge on any atom is -0.300 e. The highest BCUT2D eigenvalue weighted by Crippen LogP contribution is 2.18. The van der Waals surface area contributed by atoms with Crippen LogP contribution in [-0.4, -0.2) is 4.98 Å². The van der Waals surface area contributed by atoms with Crippen molar-refractivity contribution in [2.45, 2.75) is 6.61 Å². The second kappa shape index (κ2) is 4.68. The topological polar surface area (TPSA) is 48.1 Å². The molecule has 1 heterocycles. The first-order valence-corrected chi connectivity index (χ1v) is 4.71. The van der Waals surface area contributed by atoms with Crippen molar-refractivity contribution < 1.29 is 4.84 Å². The third-order valence-corrected chi connectivity index (χ3v) is 2.15. The van der Waals surface area contributed by atoms with E-state index in [0.717, 1.165) is 16.7 Å². The van der Waals surface area contributed by atoms with Gasteiger partial charge in [-0.2, -0.15) is 0 Å². The average Bonchev–Trinajstić information content (AvgIpc) is 2.31. The molecule has 0 aliphatic carbocycles. The minimum atomic E-state index is 0.383. The first-order valence-electron chi connectivity index (χ1n) is 4.71. The zero-order chi connectivity index (χ0) is 10.5. The van der Waals surface area contributed by atoms with Gasteiger partial charge in [-0.25, -0.2) is 5.90 Å². The maximum atomic E-state index is 5.02. The highest BCUT2D eigenvalue weighted by atomic mass is 16.6. The first kappa shape index (κ1) is 9.83. The van der Waals surface area contributed by atoms with Gasteiger partial charge in [0.1, 0.15) is 0 Å². The summed E-state index contributed by atoms with van der Waals surface area (Å²) >= 11 is 0. The van der Waals surface area contributed by atoms with Crippen molar-refractivity contribution in [2.24, 2.45) is 5.90 Å². The van der Waals surface area contributed by atoms with Gasteiger partial charge in [0.15, 0.2) is 0 Å². The summed E-state index contributed by atoms with van der Waals surface area (Å²) < 4.78 is 0. The SMILES string of the molecule is NOCc1cncc(-c2ccccc2)c1. The van der Waals surface area contributed by atoms with Gasteiger partial charge in [-0.05, 0) is 17.2 Å². The predicted molar refractivity (Wildman–Crippen MR) is 58.6 cm³/mol. The Balaban J connectivity index is 2.33. The van der Waals surface area contributed by atoms with E-state index in [1.165, 1.54) is 0 Å². The number of hydrogen-bond donors (Lipinski definition) is 1. The fraction of sp³-hybridized carbons (Fsp3) is 0.0833. The molecule has 0 amide bonds. The highest BCUT2D eigenvalue weighted by Gasteiger charge is 1.99. The summed E-state index contributed by atoms with van der Waals surface area (Å²) in [6.07, 6.45) is 3.58. The van der Waals surface area contributed by atoms with Crippen LogP contribution in [0.2, 0.25) is 0 Å². The Bertz CT molecular complexity index is 429. The molecule has 1 aromatic carbocycles. The normalized spacial score (nSPS) is 10.2. The van der Waals surface area contributed by atoms with Gasteiger partial charge in [0.2, 0.25) is 0 Å². The number of pyridine rings is 1. The van der Waals surface area contributed by atoms with Crippen LogP contribution in [0.1, 0.15) is 5.56 Å². The third-order valence-electron chi connectivity index (χ3n) is 2.15. The molecule has 0 radical (unpaired) electrons. The first-order chi connectivity index (χ1) is 7.40. The van der Waals surface area contributed by atoms with Crippen LogP contribution >= 0.6 is 0 Å². The summed E-state index contributed by atoms with van der Waals surface area (Å²) in [6, 6.07) is 12.1. The minimum absolute atomic E-state index is 0.383. The van der Waals surface area contributed by atoms with E-state index >= 15 is 0 Å². The summed E-state index contributed by atoms with van der Waals surface area (Å²) in [7, 11) is 0. The summed E-state index contributed by atoms with van der Waals surface area (Å²) in [5.74, 6) is 5.02. The van der Waals surface area contributed by atoms with E-state index in [-0.39, 0.29) is 0 Å². The molecule has 0 saturated carbocycles. The second-order valence-corrected chi connectivity index (χ2v) is 3.26. The molecule has 0 atom stereocenters. The van der Waals surface area contributed by atoms with Crippen molar-refractivity contribution in [3.05, 3.63) is 54.4 Å². The molecule has 15 heavy (non-hydrogen) atoms. The van der Waals surface area contributed by atoms with Crippen molar-refractivity contribution in [1.82, 2.24) is 4.98 Å². The molecule has 1 aromatic heterocycles. The summed E-state index contributed by atoms with van der Waals surface area (Å²) in [6.45, 7) is 0.383. The fourth-order valence-corrected chi connectivity index (χ4v) is 1.45. The van der Waals surface area contributed by atoms with E-state index in [9.17, 15) is 0 Å². The lowest BCUT2D eigenvalue weighted by Gasteiger charge is -2.03. The van der Waals surface area contributed by atoms with Crippen molar-refractivity contribution in [2.75, 3.05) is 0 Å². The van der Waals surface area contributed by atoms with Crippen LogP contribution in [-0.2, 0) is 11.4 Å². The Labute approximate surface area is 88.5 Å². The zero-order valence-corrected chi connectivity index (χ0v) is 8.26. The number of nitrogens with two attached hydrogens (primary N) is 1. The lowest BCUT2D eigenvalue weighted by atomic mass is 10.1. The van der Waals surface area contributed by atoms with Gasteiger partial charge in [-0.1, -0.05) is 30.3 Å². The molecule has 0 unspecified atom stereocenters. The van der Waals surface area contributed by atoms with Crippen LogP contribution in [0.25, 0.3) is 11.1 Å². The molecule has 0 spiro atoms. The number of nitrogens with zero attached hydrogens (tertiary/aromatic N) is 1. The molecular formula is C12H12N2O. The Morgan fingerprint density at radius 1 is 1.07 bits per heavy atom. The molecule has 3 heteroatoms. The molecule has 3 nitrogen and oxygen atoms in total. The Kier molecular flexibility index (Phi) is 3.07. The molecule has 2 N–H and O–H groups in total.